The molecular formula is C13H19NO3. The van der Waals surface area contributed by atoms with E-state index in [0.29, 0.717) is 23.7 Å². The van der Waals surface area contributed by atoms with Crippen molar-refractivity contribution in [3.8, 4) is 17.2 Å². The van der Waals surface area contributed by atoms with E-state index in [1.807, 2.05) is 0 Å². The molecule has 0 saturated heterocycles. The molecule has 0 aromatic heterocycles. The van der Waals surface area contributed by atoms with Crippen molar-refractivity contribution in [2.75, 3.05) is 21.3 Å². The summed E-state index contributed by atoms with van der Waals surface area (Å²) >= 11 is 0. The zero-order chi connectivity index (χ0) is 12.8. The van der Waals surface area contributed by atoms with Crippen molar-refractivity contribution in [2.45, 2.75) is 12.5 Å². The lowest BCUT2D eigenvalue weighted by Gasteiger charge is -2.19. The molecule has 0 bridgehead atoms. The number of rotatable bonds is 6. The van der Waals surface area contributed by atoms with Gasteiger partial charge >= 0.3 is 0 Å². The van der Waals surface area contributed by atoms with E-state index in [1.165, 1.54) is 0 Å². The molecule has 1 atom stereocenters. The molecule has 0 amide bonds. The average molecular weight is 237 g/mol. The van der Waals surface area contributed by atoms with Gasteiger partial charge in [0.05, 0.1) is 26.9 Å². The molecule has 0 radical (unpaired) electrons. The molecule has 0 aliphatic heterocycles. The molecule has 0 aliphatic rings. The lowest BCUT2D eigenvalue weighted by molar-refractivity contribution is 0.364. The second kappa shape index (κ2) is 6.15. The summed E-state index contributed by atoms with van der Waals surface area (Å²) in [6.45, 7) is 3.68. The molecule has 0 fully saturated rings. The van der Waals surface area contributed by atoms with Gasteiger partial charge in [-0.25, -0.2) is 0 Å². The highest BCUT2D eigenvalue weighted by Gasteiger charge is 2.18. The quantitative estimate of drug-likeness (QED) is 0.771. The predicted octanol–water partition coefficient (Wildman–Crippen LogP) is 2.29. The van der Waals surface area contributed by atoms with Crippen molar-refractivity contribution in [3.05, 3.63) is 30.4 Å². The number of ether oxygens (including phenoxy) is 3. The Balaban J connectivity index is 3.28. The van der Waals surface area contributed by atoms with E-state index in [9.17, 15) is 0 Å². The van der Waals surface area contributed by atoms with Crippen LogP contribution in [0.15, 0.2) is 24.8 Å². The molecule has 1 aromatic rings. The normalized spacial score (nSPS) is 11.8. The lowest BCUT2D eigenvalue weighted by Crippen LogP contribution is -2.12. The Morgan fingerprint density at radius 1 is 1.18 bits per heavy atom. The van der Waals surface area contributed by atoms with Crippen molar-refractivity contribution in [1.82, 2.24) is 0 Å². The summed E-state index contributed by atoms with van der Waals surface area (Å²) < 4.78 is 15.8. The van der Waals surface area contributed by atoms with E-state index in [2.05, 4.69) is 6.58 Å². The largest absolute Gasteiger partial charge is 0.496 e. The molecule has 94 valence electrons. The number of methoxy groups -OCH3 is 3. The molecule has 4 heteroatoms. The minimum Gasteiger partial charge on any atom is -0.496 e. The van der Waals surface area contributed by atoms with Crippen LogP contribution in [-0.2, 0) is 0 Å². The number of hydrogen-bond donors (Lipinski definition) is 1. The first-order valence-electron chi connectivity index (χ1n) is 5.34. The Morgan fingerprint density at radius 3 is 2.06 bits per heavy atom. The van der Waals surface area contributed by atoms with Gasteiger partial charge in [0.1, 0.15) is 17.2 Å². The van der Waals surface area contributed by atoms with Crippen LogP contribution in [0.5, 0.6) is 17.2 Å². The van der Waals surface area contributed by atoms with Crippen LogP contribution < -0.4 is 19.9 Å². The van der Waals surface area contributed by atoms with Gasteiger partial charge in [0, 0.05) is 18.2 Å². The summed E-state index contributed by atoms with van der Waals surface area (Å²) in [6.07, 6.45) is 2.42. The lowest BCUT2D eigenvalue weighted by atomic mass is 10.0. The molecule has 2 N–H and O–H groups in total. The fraction of sp³-hybridized carbons (Fsp3) is 0.385. The van der Waals surface area contributed by atoms with Gasteiger partial charge in [0.2, 0.25) is 0 Å². The maximum absolute atomic E-state index is 6.08. The summed E-state index contributed by atoms with van der Waals surface area (Å²) in [5.74, 6) is 2.00. The van der Waals surface area contributed by atoms with Crippen LogP contribution in [0.3, 0.4) is 0 Å². The van der Waals surface area contributed by atoms with Crippen LogP contribution in [0.25, 0.3) is 0 Å². The van der Waals surface area contributed by atoms with E-state index < -0.39 is 0 Å². The number of nitrogens with two attached hydrogens (primary N) is 1. The van der Waals surface area contributed by atoms with Gasteiger partial charge in [-0.3, -0.25) is 0 Å². The summed E-state index contributed by atoms with van der Waals surface area (Å²) in [5, 5.41) is 0. The van der Waals surface area contributed by atoms with Gasteiger partial charge in [0.15, 0.2) is 0 Å². The molecule has 0 spiro atoms. The highest BCUT2D eigenvalue weighted by atomic mass is 16.5. The fourth-order valence-electron chi connectivity index (χ4n) is 1.70. The Kier molecular flexibility index (Phi) is 4.84. The molecule has 0 unspecified atom stereocenters. The minimum atomic E-state index is -0.205. The van der Waals surface area contributed by atoms with E-state index in [-0.39, 0.29) is 6.04 Å². The Morgan fingerprint density at radius 2 is 1.71 bits per heavy atom. The molecule has 1 aromatic carbocycles. The standard InChI is InChI=1S/C13H19NO3/c1-5-6-10(14)13-11(16-3)7-9(15-2)8-12(13)17-4/h5,7-8,10H,1,6,14H2,2-4H3/t10-/m1/s1. The molecule has 0 saturated carbocycles. The van der Waals surface area contributed by atoms with Gasteiger partial charge in [-0.05, 0) is 6.42 Å². The maximum atomic E-state index is 6.08. The summed E-state index contributed by atoms with van der Waals surface area (Å²) in [4.78, 5) is 0. The highest BCUT2D eigenvalue weighted by molar-refractivity contribution is 5.52. The van der Waals surface area contributed by atoms with Crippen LogP contribution in [-0.4, -0.2) is 21.3 Å². The number of hydrogen-bond acceptors (Lipinski definition) is 4. The van der Waals surface area contributed by atoms with Gasteiger partial charge in [-0.15, -0.1) is 6.58 Å². The monoisotopic (exact) mass is 237 g/mol. The first kappa shape index (κ1) is 13.4. The van der Waals surface area contributed by atoms with Crippen LogP contribution >= 0.6 is 0 Å². The Hall–Kier alpha value is -1.68. The second-order valence-corrected chi connectivity index (χ2v) is 3.58. The third-order valence-electron chi connectivity index (χ3n) is 2.54. The molecule has 0 aliphatic carbocycles. The van der Waals surface area contributed by atoms with Crippen molar-refractivity contribution in [2.24, 2.45) is 5.73 Å². The third-order valence-corrected chi connectivity index (χ3v) is 2.54. The smallest absolute Gasteiger partial charge is 0.131 e. The van der Waals surface area contributed by atoms with Crippen LogP contribution in [0.4, 0.5) is 0 Å². The molecule has 4 nitrogen and oxygen atoms in total. The summed E-state index contributed by atoms with van der Waals surface area (Å²) in [6, 6.07) is 3.38. The first-order valence-corrected chi connectivity index (χ1v) is 5.34. The number of benzene rings is 1. The minimum absolute atomic E-state index is 0.205. The zero-order valence-electron chi connectivity index (χ0n) is 10.5. The van der Waals surface area contributed by atoms with Crippen LogP contribution in [0.1, 0.15) is 18.0 Å². The SMILES string of the molecule is C=CC[C@@H](N)c1c(OC)cc(OC)cc1OC. The van der Waals surface area contributed by atoms with Gasteiger partial charge in [-0.2, -0.15) is 0 Å². The van der Waals surface area contributed by atoms with Crippen LogP contribution in [0, 0.1) is 0 Å². The van der Waals surface area contributed by atoms with E-state index >= 15 is 0 Å². The summed E-state index contributed by atoms with van der Waals surface area (Å²) in [5.41, 5.74) is 6.91. The van der Waals surface area contributed by atoms with Crippen molar-refractivity contribution in [3.63, 3.8) is 0 Å². The van der Waals surface area contributed by atoms with Gasteiger partial charge in [-0.1, -0.05) is 6.08 Å². The zero-order valence-corrected chi connectivity index (χ0v) is 10.5. The Bertz CT molecular complexity index is 365. The highest BCUT2D eigenvalue weighted by Crippen LogP contribution is 2.38. The van der Waals surface area contributed by atoms with Crippen molar-refractivity contribution >= 4 is 0 Å². The van der Waals surface area contributed by atoms with Crippen molar-refractivity contribution in [1.29, 1.82) is 0 Å². The van der Waals surface area contributed by atoms with E-state index in [0.717, 1.165) is 5.56 Å². The topological polar surface area (TPSA) is 53.7 Å². The fourth-order valence-corrected chi connectivity index (χ4v) is 1.70. The molecule has 17 heavy (non-hydrogen) atoms. The van der Waals surface area contributed by atoms with E-state index in [1.54, 1.807) is 39.5 Å². The average Bonchev–Trinajstić information content (AvgIpc) is 2.37. The molecular weight excluding hydrogens is 218 g/mol. The van der Waals surface area contributed by atoms with E-state index in [4.69, 9.17) is 19.9 Å². The maximum Gasteiger partial charge on any atom is 0.131 e. The molecule has 0 heterocycles. The second-order valence-electron chi connectivity index (χ2n) is 3.58. The summed E-state index contributed by atoms with van der Waals surface area (Å²) in [7, 11) is 4.79. The first-order chi connectivity index (χ1) is 8.17. The van der Waals surface area contributed by atoms with Crippen molar-refractivity contribution < 1.29 is 14.2 Å². The third kappa shape index (κ3) is 2.91. The van der Waals surface area contributed by atoms with Gasteiger partial charge in [0.25, 0.3) is 0 Å². The predicted molar refractivity (Wildman–Crippen MR) is 67.8 cm³/mol. The van der Waals surface area contributed by atoms with Gasteiger partial charge < -0.3 is 19.9 Å². The van der Waals surface area contributed by atoms with Crippen LogP contribution in [0.2, 0.25) is 0 Å². The Labute approximate surface area is 102 Å². The molecule has 1 rings (SSSR count).